The average Bonchev–Trinajstić information content (AvgIpc) is 2.33. The third-order valence-electron chi connectivity index (χ3n) is 3.08. The Kier molecular flexibility index (Phi) is 3.57. The number of hydrogen-bond acceptors (Lipinski definition) is 2. The van der Waals surface area contributed by atoms with Crippen LogP contribution in [0.2, 0.25) is 0 Å². The second-order valence-electron chi connectivity index (χ2n) is 4.42. The molecular formula is C14H17NO2. The number of rotatable bonds is 4. The molecule has 0 saturated heterocycles. The largest absolute Gasteiger partial charge is 0.331 e. The van der Waals surface area contributed by atoms with E-state index in [1.807, 2.05) is 31.2 Å². The Morgan fingerprint density at radius 2 is 2.12 bits per heavy atom. The van der Waals surface area contributed by atoms with Gasteiger partial charge in [0.1, 0.15) is 0 Å². The number of nitrogens with zero attached hydrogens (tertiary/aromatic N) is 1. The highest BCUT2D eigenvalue weighted by molar-refractivity contribution is 5.98. The summed E-state index contributed by atoms with van der Waals surface area (Å²) in [5.74, 6) is 0.150. The van der Waals surface area contributed by atoms with Crippen LogP contribution in [0.3, 0.4) is 0 Å². The van der Waals surface area contributed by atoms with Crippen molar-refractivity contribution < 1.29 is 9.59 Å². The summed E-state index contributed by atoms with van der Waals surface area (Å²) in [6.45, 7) is 2.90. The van der Waals surface area contributed by atoms with Crippen LogP contribution in [0.1, 0.15) is 35.7 Å². The van der Waals surface area contributed by atoms with Crippen molar-refractivity contribution >= 4 is 11.7 Å². The van der Waals surface area contributed by atoms with E-state index in [4.69, 9.17) is 0 Å². The van der Waals surface area contributed by atoms with Crippen LogP contribution < -0.4 is 0 Å². The van der Waals surface area contributed by atoms with E-state index in [1.54, 1.807) is 4.90 Å². The monoisotopic (exact) mass is 231 g/mol. The first kappa shape index (κ1) is 11.8. The van der Waals surface area contributed by atoms with E-state index in [1.165, 1.54) is 0 Å². The summed E-state index contributed by atoms with van der Waals surface area (Å²) < 4.78 is 0. The van der Waals surface area contributed by atoms with Crippen LogP contribution in [0.4, 0.5) is 0 Å². The van der Waals surface area contributed by atoms with Crippen molar-refractivity contribution in [2.24, 2.45) is 0 Å². The predicted molar refractivity (Wildman–Crippen MR) is 66.0 cm³/mol. The summed E-state index contributed by atoms with van der Waals surface area (Å²) in [6, 6.07) is 7.64. The second-order valence-corrected chi connectivity index (χ2v) is 4.42. The number of ketones is 1. The molecule has 3 nitrogen and oxygen atoms in total. The topological polar surface area (TPSA) is 37.4 Å². The van der Waals surface area contributed by atoms with Gasteiger partial charge in [0.05, 0.1) is 6.54 Å². The molecule has 2 rings (SSSR count). The van der Waals surface area contributed by atoms with Crippen molar-refractivity contribution in [2.75, 3.05) is 13.1 Å². The van der Waals surface area contributed by atoms with Gasteiger partial charge in [-0.3, -0.25) is 9.59 Å². The number of benzene rings is 1. The van der Waals surface area contributed by atoms with Crippen molar-refractivity contribution in [2.45, 2.75) is 26.2 Å². The molecule has 0 fully saturated rings. The fourth-order valence-electron chi connectivity index (χ4n) is 2.20. The Morgan fingerprint density at radius 1 is 1.35 bits per heavy atom. The van der Waals surface area contributed by atoms with Gasteiger partial charge in [0.15, 0.2) is 5.78 Å². The van der Waals surface area contributed by atoms with Crippen molar-refractivity contribution in [1.82, 2.24) is 4.90 Å². The van der Waals surface area contributed by atoms with Crippen molar-refractivity contribution in [3.8, 4) is 0 Å². The smallest absolute Gasteiger partial charge is 0.254 e. The molecule has 0 bridgehead atoms. The highest BCUT2D eigenvalue weighted by atomic mass is 16.2. The van der Waals surface area contributed by atoms with Crippen molar-refractivity contribution in [3.63, 3.8) is 0 Å². The van der Waals surface area contributed by atoms with Gasteiger partial charge in [-0.2, -0.15) is 0 Å². The van der Waals surface area contributed by atoms with E-state index in [2.05, 4.69) is 0 Å². The summed E-state index contributed by atoms with van der Waals surface area (Å²) in [5.41, 5.74) is 1.85. The van der Waals surface area contributed by atoms with E-state index in [-0.39, 0.29) is 18.2 Å². The summed E-state index contributed by atoms with van der Waals surface area (Å²) in [7, 11) is 0. The summed E-state index contributed by atoms with van der Waals surface area (Å²) in [5, 5.41) is 0. The molecule has 1 heterocycles. The SMILES string of the molecule is CCCC(=O)CN1CCc2ccccc2C1=O. The quantitative estimate of drug-likeness (QED) is 0.795. The maximum absolute atomic E-state index is 12.1. The molecule has 0 atom stereocenters. The normalized spacial score (nSPS) is 14.6. The molecule has 1 aliphatic heterocycles. The fraction of sp³-hybridized carbons (Fsp3) is 0.429. The Morgan fingerprint density at radius 3 is 2.88 bits per heavy atom. The van der Waals surface area contributed by atoms with E-state index in [9.17, 15) is 9.59 Å². The summed E-state index contributed by atoms with van der Waals surface area (Å²) in [6.07, 6.45) is 2.25. The zero-order valence-electron chi connectivity index (χ0n) is 10.1. The van der Waals surface area contributed by atoms with Gasteiger partial charge in [-0.05, 0) is 24.5 Å². The van der Waals surface area contributed by atoms with E-state index >= 15 is 0 Å². The first-order valence-corrected chi connectivity index (χ1v) is 6.11. The van der Waals surface area contributed by atoms with Gasteiger partial charge in [0.25, 0.3) is 5.91 Å². The predicted octanol–water partition coefficient (Wildman–Crippen LogP) is 2.05. The van der Waals surface area contributed by atoms with Gasteiger partial charge in [0, 0.05) is 18.5 Å². The van der Waals surface area contributed by atoms with E-state index < -0.39 is 0 Å². The average molecular weight is 231 g/mol. The fourth-order valence-corrected chi connectivity index (χ4v) is 2.20. The number of Topliss-reactive ketones (excluding diaryl/α,β-unsaturated/α-hetero) is 1. The molecule has 0 unspecified atom stereocenters. The van der Waals surface area contributed by atoms with Gasteiger partial charge in [-0.15, -0.1) is 0 Å². The lowest BCUT2D eigenvalue weighted by Gasteiger charge is -2.27. The van der Waals surface area contributed by atoms with Crippen LogP contribution in [0, 0.1) is 0 Å². The Labute approximate surface area is 101 Å². The maximum Gasteiger partial charge on any atom is 0.254 e. The Bertz CT molecular complexity index is 440. The lowest BCUT2D eigenvalue weighted by molar-refractivity contribution is -0.119. The maximum atomic E-state index is 12.1. The lowest BCUT2D eigenvalue weighted by atomic mass is 9.99. The van der Waals surface area contributed by atoms with Crippen LogP contribution in [-0.2, 0) is 11.2 Å². The van der Waals surface area contributed by atoms with Crippen LogP contribution in [0.25, 0.3) is 0 Å². The minimum atomic E-state index is -0.00342. The van der Waals surface area contributed by atoms with Crippen molar-refractivity contribution in [1.29, 1.82) is 0 Å². The molecule has 1 amide bonds. The molecule has 90 valence electrons. The zero-order chi connectivity index (χ0) is 12.3. The third-order valence-corrected chi connectivity index (χ3v) is 3.08. The minimum Gasteiger partial charge on any atom is -0.331 e. The number of fused-ring (bicyclic) bond motifs is 1. The number of amides is 1. The molecule has 0 N–H and O–H groups in total. The molecule has 17 heavy (non-hydrogen) atoms. The molecule has 1 aromatic rings. The van der Waals surface area contributed by atoms with Gasteiger partial charge >= 0.3 is 0 Å². The second kappa shape index (κ2) is 5.13. The van der Waals surface area contributed by atoms with Crippen LogP contribution >= 0.6 is 0 Å². The highest BCUT2D eigenvalue weighted by Crippen LogP contribution is 2.18. The lowest BCUT2D eigenvalue weighted by Crippen LogP contribution is -2.40. The molecule has 1 aromatic carbocycles. The van der Waals surface area contributed by atoms with Gasteiger partial charge < -0.3 is 4.90 Å². The molecule has 0 saturated carbocycles. The molecule has 0 aromatic heterocycles. The Balaban J connectivity index is 2.10. The standard InChI is InChI=1S/C14H17NO2/c1-2-5-12(16)10-15-9-8-11-6-3-4-7-13(11)14(15)17/h3-4,6-7H,2,5,8-10H2,1H3. The minimum absolute atomic E-state index is 0.00342. The number of hydrogen-bond donors (Lipinski definition) is 0. The summed E-state index contributed by atoms with van der Waals surface area (Å²) >= 11 is 0. The van der Waals surface area contributed by atoms with E-state index in [0.29, 0.717) is 13.0 Å². The van der Waals surface area contributed by atoms with Crippen LogP contribution in [0.5, 0.6) is 0 Å². The van der Waals surface area contributed by atoms with Gasteiger partial charge in [-0.1, -0.05) is 25.1 Å². The van der Waals surface area contributed by atoms with Crippen molar-refractivity contribution in [3.05, 3.63) is 35.4 Å². The number of carbonyl (C=O) groups is 2. The zero-order valence-corrected chi connectivity index (χ0v) is 10.1. The molecule has 3 heteroatoms. The molecule has 0 radical (unpaired) electrons. The molecule has 0 aliphatic carbocycles. The van der Waals surface area contributed by atoms with Crippen LogP contribution in [0.15, 0.2) is 24.3 Å². The van der Waals surface area contributed by atoms with E-state index in [0.717, 1.165) is 24.0 Å². The molecule has 1 aliphatic rings. The Hall–Kier alpha value is -1.64. The van der Waals surface area contributed by atoms with Gasteiger partial charge in [-0.25, -0.2) is 0 Å². The molecule has 0 spiro atoms. The first-order valence-electron chi connectivity index (χ1n) is 6.11. The number of carbonyl (C=O) groups excluding carboxylic acids is 2. The summed E-state index contributed by atoms with van der Waals surface area (Å²) in [4.78, 5) is 25.4. The highest BCUT2D eigenvalue weighted by Gasteiger charge is 2.24. The van der Waals surface area contributed by atoms with Crippen LogP contribution in [-0.4, -0.2) is 29.7 Å². The first-order chi connectivity index (χ1) is 8.22. The third kappa shape index (κ3) is 2.54. The molecular weight excluding hydrogens is 214 g/mol. The van der Waals surface area contributed by atoms with Gasteiger partial charge in [0.2, 0.25) is 0 Å².